The van der Waals surface area contributed by atoms with Crippen molar-refractivity contribution in [1.29, 1.82) is 0 Å². The first-order valence-electron chi connectivity index (χ1n) is 22.7. The Morgan fingerprint density at radius 2 is 0.969 bits per heavy atom. The van der Waals surface area contributed by atoms with E-state index in [4.69, 9.17) is 0 Å². The fraction of sp³-hybridized carbons (Fsp3) is 0.0645. The fourth-order valence-corrected chi connectivity index (χ4v) is 11.5. The molecule has 0 N–H and O–H groups in total. The highest BCUT2D eigenvalue weighted by atomic mass is 15.1. The first-order chi connectivity index (χ1) is 31.6. The summed E-state index contributed by atoms with van der Waals surface area (Å²) in [4.78, 5) is 2.50. The summed E-state index contributed by atoms with van der Waals surface area (Å²) in [6.45, 7) is 3.13. The Hall–Kier alpha value is -7.94. The molecular weight excluding hydrogens is 773 g/mol. The zero-order valence-electron chi connectivity index (χ0n) is 35.5. The van der Waals surface area contributed by atoms with Crippen LogP contribution >= 0.6 is 0 Å². The fourth-order valence-electron chi connectivity index (χ4n) is 11.5. The van der Waals surface area contributed by atoms with Gasteiger partial charge in [-0.2, -0.15) is 0 Å². The lowest BCUT2D eigenvalue weighted by atomic mass is 9.83. The molecule has 0 amide bonds. The Bertz CT molecular complexity index is 3960. The summed E-state index contributed by atoms with van der Waals surface area (Å²) < 4.78 is 2.48. The van der Waals surface area contributed by atoms with Crippen molar-refractivity contribution in [2.24, 2.45) is 5.92 Å². The molecule has 1 atom stereocenters. The Labute approximate surface area is 371 Å². The van der Waals surface area contributed by atoms with Crippen molar-refractivity contribution in [3.8, 4) is 27.9 Å². The van der Waals surface area contributed by atoms with Crippen molar-refractivity contribution in [2.75, 3.05) is 4.90 Å². The highest BCUT2D eigenvalue weighted by Gasteiger charge is 2.25. The van der Waals surface area contributed by atoms with Gasteiger partial charge >= 0.3 is 0 Å². The molecule has 2 aliphatic rings. The van der Waals surface area contributed by atoms with Crippen LogP contribution in [0, 0.1) is 5.92 Å². The Kier molecular flexibility index (Phi) is 7.53. The third kappa shape index (κ3) is 5.14. The molecule has 300 valence electrons. The molecule has 0 bridgehead atoms. The molecule has 2 heterocycles. The number of hydrogen-bond donors (Lipinski definition) is 0. The number of anilines is 2. The molecule has 14 rings (SSSR count). The molecule has 11 aromatic carbocycles. The standard InChI is InChI=1S/C62H42N2/c1-38-22-28-50-47-15-4-5-16-48(47)52-30-27-43(36-58(52)56(50)32-38)64-61-21-11-9-19-54(61)59-34-40(25-31-62(59)64)39-23-24-41-37-63(60-20-10-8-18-53(60)55(41)33-39)42-26-29-51-46-14-3-2-12-44(46)45-13-6-7-17-49(45)57(51)35-42/h2-31,33-36,38H,32,37H2,1H3. The summed E-state index contributed by atoms with van der Waals surface area (Å²) in [5, 5.41) is 15.7. The van der Waals surface area contributed by atoms with Crippen molar-refractivity contribution in [3.05, 3.63) is 217 Å². The molecule has 1 aliphatic carbocycles. The zero-order valence-corrected chi connectivity index (χ0v) is 35.5. The normalized spacial score (nSPS) is 14.6. The second-order valence-corrected chi connectivity index (χ2v) is 18.1. The highest BCUT2D eigenvalue weighted by Crippen LogP contribution is 2.47. The maximum absolute atomic E-state index is 2.50. The quantitative estimate of drug-likeness (QED) is 0.161. The molecule has 0 spiro atoms. The number of hydrogen-bond acceptors (Lipinski definition) is 1. The lowest BCUT2D eigenvalue weighted by Crippen LogP contribution is -2.21. The van der Waals surface area contributed by atoms with Gasteiger partial charge in [-0.3, -0.25) is 0 Å². The van der Waals surface area contributed by atoms with E-state index in [2.05, 4.69) is 223 Å². The molecule has 2 nitrogen and oxygen atoms in total. The summed E-state index contributed by atoms with van der Waals surface area (Å²) in [6, 6.07) is 72.9. The van der Waals surface area contributed by atoms with Gasteiger partial charge in [-0.05, 0) is 154 Å². The van der Waals surface area contributed by atoms with Gasteiger partial charge in [-0.15, -0.1) is 0 Å². The maximum Gasteiger partial charge on any atom is 0.0541 e. The molecule has 0 fully saturated rings. The lowest BCUT2D eigenvalue weighted by Gasteiger charge is -2.33. The molecular formula is C62H42N2. The third-order valence-electron chi connectivity index (χ3n) is 14.5. The van der Waals surface area contributed by atoms with E-state index in [0.717, 1.165) is 13.0 Å². The maximum atomic E-state index is 2.50. The molecule has 1 unspecified atom stereocenters. The average Bonchev–Trinajstić information content (AvgIpc) is 3.69. The van der Waals surface area contributed by atoms with Gasteiger partial charge in [0.2, 0.25) is 0 Å². The van der Waals surface area contributed by atoms with Gasteiger partial charge in [0.15, 0.2) is 0 Å². The molecule has 0 radical (unpaired) electrons. The minimum Gasteiger partial charge on any atom is -0.336 e. The second-order valence-electron chi connectivity index (χ2n) is 18.1. The summed E-state index contributed by atoms with van der Waals surface area (Å²) in [5.74, 6) is 0.510. The molecule has 12 aromatic rings. The van der Waals surface area contributed by atoms with Crippen LogP contribution in [0.1, 0.15) is 23.6 Å². The van der Waals surface area contributed by atoms with Crippen molar-refractivity contribution >= 4 is 93.1 Å². The Morgan fingerprint density at radius 3 is 1.75 bits per heavy atom. The smallest absolute Gasteiger partial charge is 0.0541 e. The van der Waals surface area contributed by atoms with Crippen LogP contribution in [0.2, 0.25) is 0 Å². The number of benzene rings is 11. The molecule has 64 heavy (non-hydrogen) atoms. The highest BCUT2D eigenvalue weighted by molar-refractivity contribution is 6.26. The zero-order chi connectivity index (χ0) is 42.0. The van der Waals surface area contributed by atoms with E-state index in [1.165, 1.54) is 132 Å². The van der Waals surface area contributed by atoms with Gasteiger partial charge < -0.3 is 9.47 Å². The summed E-state index contributed by atoms with van der Waals surface area (Å²) in [5.41, 5.74) is 15.3. The molecule has 0 saturated carbocycles. The lowest BCUT2D eigenvalue weighted by molar-refractivity contribution is 0.722. The number of nitrogens with zero attached hydrogens (tertiary/aromatic N) is 2. The summed E-state index contributed by atoms with van der Waals surface area (Å²) in [6.07, 6.45) is 5.79. The Morgan fingerprint density at radius 1 is 0.406 bits per heavy atom. The van der Waals surface area contributed by atoms with Crippen LogP contribution < -0.4 is 4.90 Å². The molecule has 1 aromatic heterocycles. The van der Waals surface area contributed by atoms with E-state index < -0.39 is 0 Å². The van der Waals surface area contributed by atoms with Crippen molar-refractivity contribution in [3.63, 3.8) is 0 Å². The van der Waals surface area contributed by atoms with Crippen LogP contribution in [0.25, 0.3) is 110 Å². The van der Waals surface area contributed by atoms with E-state index in [9.17, 15) is 0 Å². The summed E-state index contributed by atoms with van der Waals surface area (Å²) >= 11 is 0. The second kappa shape index (κ2) is 13.5. The number of rotatable bonds is 3. The van der Waals surface area contributed by atoms with E-state index >= 15 is 0 Å². The number of fused-ring (bicyclic) bond motifs is 18. The van der Waals surface area contributed by atoms with Gasteiger partial charge in [0, 0.05) is 39.9 Å². The topological polar surface area (TPSA) is 8.17 Å². The Balaban J connectivity index is 0.878. The van der Waals surface area contributed by atoms with Crippen molar-refractivity contribution in [2.45, 2.75) is 19.9 Å². The van der Waals surface area contributed by atoms with Crippen LogP contribution in [-0.4, -0.2) is 4.57 Å². The van der Waals surface area contributed by atoms with Crippen LogP contribution in [0.5, 0.6) is 0 Å². The van der Waals surface area contributed by atoms with Crippen LogP contribution in [-0.2, 0) is 13.0 Å². The summed E-state index contributed by atoms with van der Waals surface area (Å²) in [7, 11) is 0. The van der Waals surface area contributed by atoms with Crippen molar-refractivity contribution in [1.82, 2.24) is 4.57 Å². The predicted octanol–water partition coefficient (Wildman–Crippen LogP) is 16.7. The molecule has 0 saturated heterocycles. The number of para-hydroxylation sites is 2. The van der Waals surface area contributed by atoms with Gasteiger partial charge in [0.05, 0.1) is 11.0 Å². The monoisotopic (exact) mass is 814 g/mol. The molecule has 2 heteroatoms. The van der Waals surface area contributed by atoms with E-state index in [1.54, 1.807) is 0 Å². The van der Waals surface area contributed by atoms with Gasteiger partial charge in [0.25, 0.3) is 0 Å². The van der Waals surface area contributed by atoms with E-state index in [1.807, 2.05) is 0 Å². The first-order valence-corrected chi connectivity index (χ1v) is 22.7. The van der Waals surface area contributed by atoms with Gasteiger partial charge in [-0.1, -0.05) is 159 Å². The van der Waals surface area contributed by atoms with E-state index in [0.29, 0.717) is 5.92 Å². The predicted molar refractivity (Wildman–Crippen MR) is 273 cm³/mol. The van der Waals surface area contributed by atoms with Crippen LogP contribution in [0.3, 0.4) is 0 Å². The van der Waals surface area contributed by atoms with Gasteiger partial charge in [0.1, 0.15) is 0 Å². The average molecular weight is 815 g/mol. The molecule has 1 aliphatic heterocycles. The SMILES string of the molecule is CC1C=Cc2c(c3cc(-n4c5ccccc5c5cc(-c6ccc7c(c6)-c6ccccc6N(c6ccc8c9ccccc9c9ccccc9c8c6)C7)ccc54)ccc3c3ccccc23)C1. The largest absolute Gasteiger partial charge is 0.336 e. The van der Waals surface area contributed by atoms with Crippen LogP contribution in [0.15, 0.2) is 200 Å². The van der Waals surface area contributed by atoms with Gasteiger partial charge in [-0.25, -0.2) is 0 Å². The minimum absolute atomic E-state index is 0.510. The first kappa shape index (κ1) is 35.6. The van der Waals surface area contributed by atoms with Crippen molar-refractivity contribution < 1.29 is 0 Å². The minimum atomic E-state index is 0.510. The third-order valence-corrected chi connectivity index (χ3v) is 14.5. The van der Waals surface area contributed by atoms with Crippen LogP contribution in [0.4, 0.5) is 11.4 Å². The number of aromatic nitrogens is 1. The number of allylic oxidation sites excluding steroid dienone is 1. The van der Waals surface area contributed by atoms with E-state index in [-0.39, 0.29) is 0 Å².